The van der Waals surface area contributed by atoms with Crippen LogP contribution in [0.4, 0.5) is 0 Å². The molecular weight excluding hydrogens is 198 g/mol. The number of nitrogens with one attached hydrogen (secondary N) is 1. The van der Waals surface area contributed by atoms with E-state index in [4.69, 9.17) is 4.74 Å². The Morgan fingerprint density at radius 1 is 1.25 bits per heavy atom. The first-order valence-corrected chi connectivity index (χ1v) is 6.13. The van der Waals surface area contributed by atoms with Crippen LogP contribution in [0.1, 0.15) is 25.3 Å². The molecule has 0 spiro atoms. The molecule has 0 radical (unpaired) electrons. The van der Waals surface area contributed by atoms with Gasteiger partial charge in [0.05, 0.1) is 0 Å². The van der Waals surface area contributed by atoms with Crippen LogP contribution in [0.15, 0.2) is 30.3 Å². The highest BCUT2D eigenvalue weighted by molar-refractivity contribution is 5.15. The molecule has 2 nitrogen and oxygen atoms in total. The highest BCUT2D eigenvalue weighted by atomic mass is 16.5. The molecule has 1 atom stereocenters. The van der Waals surface area contributed by atoms with Crippen molar-refractivity contribution in [3.8, 4) is 0 Å². The summed E-state index contributed by atoms with van der Waals surface area (Å²) < 4.78 is 5.09. The predicted octanol–water partition coefficient (Wildman–Crippen LogP) is 2.63. The minimum atomic E-state index is 0.572. The van der Waals surface area contributed by atoms with Gasteiger partial charge < -0.3 is 10.1 Å². The molecule has 0 aliphatic heterocycles. The Balaban J connectivity index is 2.38. The lowest BCUT2D eigenvalue weighted by molar-refractivity contribution is 0.188. The number of benzene rings is 1. The van der Waals surface area contributed by atoms with Gasteiger partial charge in [-0.25, -0.2) is 0 Å². The Hall–Kier alpha value is -0.860. The van der Waals surface area contributed by atoms with Crippen LogP contribution in [0.5, 0.6) is 0 Å². The summed E-state index contributed by atoms with van der Waals surface area (Å²) in [6.07, 6.45) is 3.41. The van der Waals surface area contributed by atoms with Crippen LogP contribution in [0.3, 0.4) is 0 Å². The van der Waals surface area contributed by atoms with Crippen molar-refractivity contribution in [1.29, 1.82) is 0 Å². The van der Waals surface area contributed by atoms with Crippen LogP contribution in [0.25, 0.3) is 0 Å². The largest absolute Gasteiger partial charge is 0.385 e. The number of ether oxygens (including phenoxy) is 1. The Bertz CT molecular complexity index is 261. The number of likely N-dealkylation sites (N-methyl/N-ethyl adjacent to an activating group) is 1. The smallest absolute Gasteiger partial charge is 0.0462 e. The van der Waals surface area contributed by atoms with E-state index in [1.165, 1.54) is 12.0 Å². The number of hydrogen-bond donors (Lipinski definition) is 1. The predicted molar refractivity (Wildman–Crippen MR) is 68.7 cm³/mol. The van der Waals surface area contributed by atoms with E-state index in [1.807, 2.05) is 0 Å². The van der Waals surface area contributed by atoms with Crippen LogP contribution in [0, 0.1) is 0 Å². The van der Waals surface area contributed by atoms with E-state index in [9.17, 15) is 0 Å². The molecule has 90 valence electrons. The summed E-state index contributed by atoms with van der Waals surface area (Å²) in [4.78, 5) is 0. The van der Waals surface area contributed by atoms with Gasteiger partial charge >= 0.3 is 0 Å². The van der Waals surface area contributed by atoms with Gasteiger partial charge in [-0.05, 0) is 31.4 Å². The zero-order chi connectivity index (χ0) is 11.6. The molecule has 1 aromatic carbocycles. The van der Waals surface area contributed by atoms with E-state index in [-0.39, 0.29) is 0 Å². The van der Waals surface area contributed by atoms with Gasteiger partial charge in [-0.1, -0.05) is 37.3 Å². The summed E-state index contributed by atoms with van der Waals surface area (Å²) in [5.74, 6) is 0. The Morgan fingerprint density at radius 3 is 2.62 bits per heavy atom. The second-order valence-corrected chi connectivity index (χ2v) is 4.08. The fourth-order valence-corrected chi connectivity index (χ4v) is 1.94. The van der Waals surface area contributed by atoms with E-state index in [2.05, 4.69) is 42.6 Å². The topological polar surface area (TPSA) is 21.3 Å². The van der Waals surface area contributed by atoms with Crippen molar-refractivity contribution in [1.82, 2.24) is 5.32 Å². The van der Waals surface area contributed by atoms with E-state index in [0.29, 0.717) is 6.04 Å². The maximum absolute atomic E-state index is 5.09. The van der Waals surface area contributed by atoms with Crippen molar-refractivity contribution in [3.63, 3.8) is 0 Å². The molecule has 0 fully saturated rings. The van der Waals surface area contributed by atoms with Gasteiger partial charge in [-0.2, -0.15) is 0 Å². The molecule has 16 heavy (non-hydrogen) atoms. The molecule has 1 rings (SSSR count). The summed E-state index contributed by atoms with van der Waals surface area (Å²) in [6, 6.07) is 11.2. The van der Waals surface area contributed by atoms with Gasteiger partial charge in [-0.15, -0.1) is 0 Å². The molecule has 2 heteroatoms. The third kappa shape index (κ3) is 5.29. The maximum Gasteiger partial charge on any atom is 0.0462 e. The molecule has 0 aliphatic rings. The van der Waals surface area contributed by atoms with Crippen LogP contribution >= 0.6 is 0 Å². The lowest BCUT2D eigenvalue weighted by Gasteiger charge is -2.17. The second kappa shape index (κ2) is 8.31. The molecule has 0 amide bonds. The van der Waals surface area contributed by atoms with Crippen LogP contribution in [-0.2, 0) is 11.2 Å². The fraction of sp³-hybridized carbons (Fsp3) is 0.571. The van der Waals surface area contributed by atoms with Crippen LogP contribution in [-0.4, -0.2) is 26.3 Å². The maximum atomic E-state index is 5.09. The Kier molecular flexibility index (Phi) is 6.86. The van der Waals surface area contributed by atoms with E-state index in [0.717, 1.165) is 26.0 Å². The van der Waals surface area contributed by atoms with Gasteiger partial charge in [-0.3, -0.25) is 0 Å². The summed E-state index contributed by atoms with van der Waals surface area (Å²) in [6.45, 7) is 4.05. The van der Waals surface area contributed by atoms with Crippen LogP contribution in [0.2, 0.25) is 0 Å². The van der Waals surface area contributed by atoms with Gasteiger partial charge in [0.25, 0.3) is 0 Å². The van der Waals surface area contributed by atoms with E-state index >= 15 is 0 Å². The molecule has 0 heterocycles. The van der Waals surface area contributed by atoms with Crippen molar-refractivity contribution in [2.45, 2.75) is 32.2 Å². The monoisotopic (exact) mass is 221 g/mol. The van der Waals surface area contributed by atoms with Gasteiger partial charge in [0.1, 0.15) is 0 Å². The summed E-state index contributed by atoms with van der Waals surface area (Å²) in [5, 5.41) is 3.53. The van der Waals surface area contributed by atoms with Crippen LogP contribution < -0.4 is 5.32 Å². The molecule has 0 bridgehead atoms. The van der Waals surface area contributed by atoms with Gasteiger partial charge in [0.2, 0.25) is 0 Å². The first kappa shape index (κ1) is 13.2. The number of hydrogen-bond acceptors (Lipinski definition) is 2. The van der Waals surface area contributed by atoms with E-state index < -0.39 is 0 Å². The average molecular weight is 221 g/mol. The average Bonchev–Trinajstić information content (AvgIpc) is 2.31. The van der Waals surface area contributed by atoms with Crippen molar-refractivity contribution in [2.75, 3.05) is 20.3 Å². The molecule has 0 saturated heterocycles. The molecule has 0 saturated carbocycles. The minimum Gasteiger partial charge on any atom is -0.385 e. The summed E-state index contributed by atoms with van der Waals surface area (Å²) >= 11 is 0. The quantitative estimate of drug-likeness (QED) is 0.681. The normalized spacial score (nSPS) is 12.6. The fourth-order valence-electron chi connectivity index (χ4n) is 1.94. The number of methoxy groups -OCH3 is 1. The molecule has 0 aliphatic carbocycles. The minimum absolute atomic E-state index is 0.572. The third-order valence-electron chi connectivity index (χ3n) is 2.72. The molecular formula is C14H23NO. The molecule has 1 unspecified atom stereocenters. The lowest BCUT2D eigenvalue weighted by Crippen LogP contribution is -2.31. The standard InChI is InChI=1S/C14H23NO/c1-3-15-14(10-7-11-16-2)12-13-8-5-4-6-9-13/h4-6,8-9,14-15H,3,7,10-12H2,1-2H3. The first-order valence-electron chi connectivity index (χ1n) is 6.13. The summed E-state index contributed by atoms with van der Waals surface area (Å²) in [5.41, 5.74) is 1.41. The third-order valence-corrected chi connectivity index (χ3v) is 2.72. The van der Waals surface area contributed by atoms with Crippen molar-refractivity contribution in [3.05, 3.63) is 35.9 Å². The highest BCUT2D eigenvalue weighted by Gasteiger charge is 2.07. The van der Waals surface area contributed by atoms with Crippen molar-refractivity contribution >= 4 is 0 Å². The van der Waals surface area contributed by atoms with Crippen molar-refractivity contribution < 1.29 is 4.74 Å². The number of rotatable bonds is 8. The van der Waals surface area contributed by atoms with Gasteiger partial charge in [0, 0.05) is 19.8 Å². The Labute approximate surface area is 99.0 Å². The highest BCUT2D eigenvalue weighted by Crippen LogP contribution is 2.07. The Morgan fingerprint density at radius 2 is 2.00 bits per heavy atom. The first-order chi connectivity index (χ1) is 7.86. The zero-order valence-corrected chi connectivity index (χ0v) is 10.4. The van der Waals surface area contributed by atoms with Gasteiger partial charge in [0.15, 0.2) is 0 Å². The second-order valence-electron chi connectivity index (χ2n) is 4.08. The SMILES string of the molecule is CCNC(CCCOC)Cc1ccccc1. The van der Waals surface area contributed by atoms with E-state index in [1.54, 1.807) is 7.11 Å². The lowest BCUT2D eigenvalue weighted by atomic mass is 10.0. The zero-order valence-electron chi connectivity index (χ0n) is 10.4. The molecule has 0 aromatic heterocycles. The molecule has 1 N–H and O–H groups in total. The van der Waals surface area contributed by atoms with Crippen molar-refractivity contribution in [2.24, 2.45) is 0 Å². The molecule has 1 aromatic rings. The summed E-state index contributed by atoms with van der Waals surface area (Å²) in [7, 11) is 1.76.